The molecule has 0 spiro atoms. The molecule has 1 N–H and O–H groups in total. The monoisotopic (exact) mass is 355 g/mol. The maximum atomic E-state index is 11.0. The van der Waals surface area contributed by atoms with Gasteiger partial charge >= 0.3 is 6.09 Å². The molecular formula is C20H21NO5. The molecule has 2 aromatic rings. The lowest BCUT2D eigenvalue weighted by Crippen LogP contribution is -2.53. The molecule has 0 aromatic heterocycles. The van der Waals surface area contributed by atoms with Crippen molar-refractivity contribution in [2.45, 2.75) is 18.8 Å². The molecule has 6 heteroatoms. The lowest BCUT2D eigenvalue weighted by atomic mass is 10.0. The van der Waals surface area contributed by atoms with E-state index in [0.29, 0.717) is 26.4 Å². The normalized spacial score (nSPS) is 20.0. The number of hydrogen-bond donors (Lipinski definition) is 1. The smallest absolute Gasteiger partial charge is 0.407 e. The second kappa shape index (κ2) is 7.35. The van der Waals surface area contributed by atoms with E-state index in [4.69, 9.17) is 19.3 Å². The van der Waals surface area contributed by atoms with E-state index in [1.807, 2.05) is 42.5 Å². The van der Waals surface area contributed by atoms with E-state index in [9.17, 15) is 4.79 Å². The highest BCUT2D eigenvalue weighted by molar-refractivity contribution is 5.67. The van der Waals surface area contributed by atoms with Crippen molar-refractivity contribution in [3.8, 4) is 16.9 Å². The van der Waals surface area contributed by atoms with Gasteiger partial charge in [0.05, 0.1) is 19.3 Å². The minimum Gasteiger partial charge on any atom is -0.491 e. The number of carbonyl (C=O) groups is 1. The predicted molar refractivity (Wildman–Crippen MR) is 95.2 cm³/mol. The van der Waals surface area contributed by atoms with Gasteiger partial charge in [0.25, 0.3) is 0 Å². The third kappa shape index (κ3) is 3.52. The summed E-state index contributed by atoms with van der Waals surface area (Å²) in [6.07, 6.45) is -0.336. The third-order valence-corrected chi connectivity index (χ3v) is 4.78. The molecule has 2 aliphatic heterocycles. The molecule has 2 heterocycles. The van der Waals surface area contributed by atoms with E-state index in [1.54, 1.807) is 0 Å². The standard InChI is InChI=1S/C20H21NO5/c22-20(23)21-8-7-17(21)13-26-18-6-2-4-15(12-18)14-3-1-5-16(11-14)19-24-9-10-25-19/h1-6,11-12,17,19H,7-10,13H2,(H,22,23). The summed E-state index contributed by atoms with van der Waals surface area (Å²) in [7, 11) is 0. The average molecular weight is 355 g/mol. The Kier molecular flexibility index (Phi) is 4.77. The summed E-state index contributed by atoms with van der Waals surface area (Å²) in [4.78, 5) is 12.4. The molecule has 0 aliphatic carbocycles. The maximum absolute atomic E-state index is 11.0. The number of hydrogen-bond acceptors (Lipinski definition) is 4. The highest BCUT2D eigenvalue weighted by Gasteiger charge is 2.32. The van der Waals surface area contributed by atoms with Crippen LogP contribution in [0.15, 0.2) is 48.5 Å². The van der Waals surface area contributed by atoms with Crippen molar-refractivity contribution in [1.29, 1.82) is 0 Å². The van der Waals surface area contributed by atoms with Crippen LogP contribution in [-0.4, -0.2) is 48.5 Å². The second-order valence-electron chi connectivity index (χ2n) is 6.46. The SMILES string of the molecule is O=C(O)N1CCC1COc1cccc(-c2cccc(C3OCCO3)c2)c1. The fraction of sp³-hybridized carbons (Fsp3) is 0.350. The van der Waals surface area contributed by atoms with Crippen molar-refractivity contribution in [2.75, 3.05) is 26.4 Å². The highest BCUT2D eigenvalue weighted by atomic mass is 16.7. The molecule has 2 saturated heterocycles. The van der Waals surface area contributed by atoms with Gasteiger partial charge in [-0.25, -0.2) is 4.79 Å². The lowest BCUT2D eigenvalue weighted by Gasteiger charge is -2.38. The minimum atomic E-state index is -0.883. The summed E-state index contributed by atoms with van der Waals surface area (Å²) in [5, 5.41) is 9.06. The Morgan fingerprint density at radius 2 is 1.85 bits per heavy atom. The Hall–Kier alpha value is -2.57. The number of rotatable bonds is 5. The number of nitrogens with zero attached hydrogens (tertiary/aromatic N) is 1. The topological polar surface area (TPSA) is 68.2 Å². The van der Waals surface area contributed by atoms with Crippen LogP contribution in [0.4, 0.5) is 4.79 Å². The zero-order valence-corrected chi connectivity index (χ0v) is 14.3. The van der Waals surface area contributed by atoms with Crippen molar-refractivity contribution in [3.63, 3.8) is 0 Å². The van der Waals surface area contributed by atoms with Gasteiger partial charge in [-0.05, 0) is 35.7 Å². The first-order chi connectivity index (χ1) is 12.7. The minimum absolute atomic E-state index is 0.0591. The molecule has 0 saturated carbocycles. The fourth-order valence-electron chi connectivity index (χ4n) is 3.24. The average Bonchev–Trinajstić information content (AvgIpc) is 3.15. The van der Waals surface area contributed by atoms with Gasteiger partial charge in [-0.3, -0.25) is 0 Å². The van der Waals surface area contributed by atoms with Crippen LogP contribution in [0.25, 0.3) is 11.1 Å². The largest absolute Gasteiger partial charge is 0.491 e. The predicted octanol–water partition coefficient (Wildman–Crippen LogP) is 3.53. The van der Waals surface area contributed by atoms with E-state index < -0.39 is 6.09 Å². The van der Waals surface area contributed by atoms with Crippen LogP contribution in [0.3, 0.4) is 0 Å². The van der Waals surface area contributed by atoms with Gasteiger partial charge in [-0.15, -0.1) is 0 Å². The van der Waals surface area contributed by atoms with Crippen molar-refractivity contribution in [1.82, 2.24) is 4.90 Å². The van der Waals surface area contributed by atoms with Crippen molar-refractivity contribution >= 4 is 6.09 Å². The summed E-state index contributed by atoms with van der Waals surface area (Å²) < 4.78 is 17.0. The molecule has 1 unspecified atom stereocenters. The third-order valence-electron chi connectivity index (χ3n) is 4.78. The van der Waals surface area contributed by atoms with Crippen LogP contribution in [0, 0.1) is 0 Å². The molecule has 136 valence electrons. The summed E-state index contributed by atoms with van der Waals surface area (Å²) in [5.74, 6) is 0.735. The Labute approximate surface area is 151 Å². The fourth-order valence-corrected chi connectivity index (χ4v) is 3.24. The zero-order valence-electron chi connectivity index (χ0n) is 14.3. The Morgan fingerprint density at radius 3 is 2.54 bits per heavy atom. The molecule has 6 nitrogen and oxygen atoms in total. The van der Waals surface area contributed by atoms with Crippen LogP contribution in [0.2, 0.25) is 0 Å². The molecule has 0 radical (unpaired) electrons. The van der Waals surface area contributed by atoms with Gasteiger partial charge < -0.3 is 24.2 Å². The first-order valence-electron chi connectivity index (χ1n) is 8.77. The van der Waals surface area contributed by atoms with Gasteiger partial charge in [0.1, 0.15) is 12.4 Å². The Balaban J connectivity index is 1.45. The number of amides is 1. The number of likely N-dealkylation sites (tertiary alicyclic amines) is 1. The van der Waals surface area contributed by atoms with Crippen molar-refractivity contribution < 1.29 is 24.1 Å². The molecule has 2 aliphatic rings. The van der Waals surface area contributed by atoms with E-state index in [2.05, 4.69) is 6.07 Å². The molecule has 1 atom stereocenters. The van der Waals surface area contributed by atoms with Gasteiger partial charge in [0.2, 0.25) is 0 Å². The van der Waals surface area contributed by atoms with Gasteiger partial charge in [0.15, 0.2) is 6.29 Å². The van der Waals surface area contributed by atoms with Crippen LogP contribution in [-0.2, 0) is 9.47 Å². The summed E-state index contributed by atoms with van der Waals surface area (Å²) in [6.45, 7) is 2.19. The summed E-state index contributed by atoms with van der Waals surface area (Å²) in [5.41, 5.74) is 3.09. The molecule has 2 aromatic carbocycles. The van der Waals surface area contributed by atoms with E-state index in [-0.39, 0.29) is 12.3 Å². The highest BCUT2D eigenvalue weighted by Crippen LogP contribution is 2.29. The first kappa shape index (κ1) is 16.9. The van der Waals surface area contributed by atoms with Crippen LogP contribution in [0.5, 0.6) is 5.75 Å². The van der Waals surface area contributed by atoms with Gasteiger partial charge in [-0.2, -0.15) is 0 Å². The second-order valence-corrected chi connectivity index (χ2v) is 6.46. The molecule has 4 rings (SSSR count). The quantitative estimate of drug-likeness (QED) is 0.889. The Bertz CT molecular complexity index is 787. The number of carboxylic acid groups (broad SMARTS) is 1. The van der Waals surface area contributed by atoms with Crippen LogP contribution < -0.4 is 4.74 Å². The molecular weight excluding hydrogens is 334 g/mol. The van der Waals surface area contributed by atoms with Crippen LogP contribution >= 0.6 is 0 Å². The Morgan fingerprint density at radius 1 is 1.12 bits per heavy atom. The molecule has 1 amide bonds. The molecule has 26 heavy (non-hydrogen) atoms. The van der Waals surface area contributed by atoms with Crippen molar-refractivity contribution in [2.24, 2.45) is 0 Å². The molecule has 0 bridgehead atoms. The van der Waals surface area contributed by atoms with Crippen LogP contribution in [0.1, 0.15) is 18.3 Å². The van der Waals surface area contributed by atoms with E-state index in [1.165, 1.54) is 4.90 Å². The van der Waals surface area contributed by atoms with E-state index in [0.717, 1.165) is 28.9 Å². The first-order valence-corrected chi connectivity index (χ1v) is 8.77. The number of ether oxygens (including phenoxy) is 3. The maximum Gasteiger partial charge on any atom is 0.407 e. The zero-order chi connectivity index (χ0) is 17.9. The lowest BCUT2D eigenvalue weighted by molar-refractivity contribution is -0.0440. The molecule has 2 fully saturated rings. The van der Waals surface area contributed by atoms with E-state index >= 15 is 0 Å². The van der Waals surface area contributed by atoms with Gasteiger partial charge in [-0.1, -0.05) is 30.3 Å². The number of benzene rings is 2. The summed E-state index contributed by atoms with van der Waals surface area (Å²) in [6, 6.07) is 15.9. The summed E-state index contributed by atoms with van der Waals surface area (Å²) >= 11 is 0. The van der Waals surface area contributed by atoms with Gasteiger partial charge in [0, 0.05) is 12.1 Å². The van der Waals surface area contributed by atoms with Crippen molar-refractivity contribution in [3.05, 3.63) is 54.1 Å².